The lowest BCUT2D eigenvalue weighted by Crippen LogP contribution is -2.50. The molecule has 1 aromatic carbocycles. The Kier molecular flexibility index (Phi) is 2.52. The van der Waals surface area contributed by atoms with Crippen molar-refractivity contribution in [3.05, 3.63) is 23.8 Å². The van der Waals surface area contributed by atoms with Gasteiger partial charge in [0, 0.05) is 43.3 Å². The van der Waals surface area contributed by atoms with Gasteiger partial charge >= 0.3 is 0 Å². The summed E-state index contributed by atoms with van der Waals surface area (Å²) in [5.41, 5.74) is 8.83. The maximum absolute atomic E-state index is 12.0. The average molecular weight is 231 g/mol. The molecular weight excluding hydrogens is 214 g/mol. The second kappa shape index (κ2) is 4.04. The fraction of sp³-hybridized carbons (Fsp3) is 0.462. The molecule has 0 aromatic heterocycles. The summed E-state index contributed by atoms with van der Waals surface area (Å²) in [4.78, 5) is 13.9. The van der Waals surface area contributed by atoms with E-state index >= 15 is 0 Å². The highest BCUT2D eigenvalue weighted by Gasteiger charge is 2.28. The predicted octanol–water partition coefficient (Wildman–Crippen LogP) is 0.767. The van der Waals surface area contributed by atoms with E-state index in [1.165, 1.54) is 5.56 Å². The van der Waals surface area contributed by atoms with Crippen LogP contribution in [0.3, 0.4) is 0 Å². The van der Waals surface area contributed by atoms with Crippen molar-refractivity contribution in [2.24, 2.45) is 5.92 Å². The van der Waals surface area contributed by atoms with Gasteiger partial charge in [0.1, 0.15) is 0 Å². The molecule has 4 nitrogen and oxygen atoms in total. The number of nitrogens with two attached hydrogens (primary N) is 1. The third-order valence-electron chi connectivity index (χ3n) is 3.61. The van der Waals surface area contributed by atoms with Gasteiger partial charge in [0.2, 0.25) is 5.91 Å². The van der Waals surface area contributed by atoms with Crippen molar-refractivity contribution in [1.82, 2.24) is 5.32 Å². The van der Waals surface area contributed by atoms with Gasteiger partial charge in [0.15, 0.2) is 0 Å². The van der Waals surface area contributed by atoms with Crippen LogP contribution in [0.5, 0.6) is 0 Å². The largest absolute Gasteiger partial charge is 0.399 e. The molecule has 0 unspecified atom stereocenters. The summed E-state index contributed by atoms with van der Waals surface area (Å²) in [5, 5.41) is 3.24. The van der Waals surface area contributed by atoms with Crippen LogP contribution in [0, 0.1) is 5.92 Å². The minimum atomic E-state index is 0.245. The summed E-state index contributed by atoms with van der Waals surface area (Å²) >= 11 is 0. The first-order valence-corrected chi connectivity index (χ1v) is 6.13. The van der Waals surface area contributed by atoms with E-state index in [4.69, 9.17) is 5.73 Å². The molecule has 1 fully saturated rings. The Morgan fingerprint density at radius 3 is 2.88 bits per heavy atom. The van der Waals surface area contributed by atoms with Crippen LogP contribution in [0.4, 0.5) is 11.4 Å². The number of nitrogens with zero attached hydrogens (tertiary/aromatic N) is 1. The number of hydrogen-bond donors (Lipinski definition) is 2. The molecule has 0 atom stereocenters. The molecule has 2 heterocycles. The highest BCUT2D eigenvalue weighted by atomic mass is 16.2. The van der Waals surface area contributed by atoms with E-state index in [-0.39, 0.29) is 5.91 Å². The minimum Gasteiger partial charge on any atom is -0.399 e. The zero-order valence-electron chi connectivity index (χ0n) is 9.78. The lowest BCUT2D eigenvalue weighted by molar-refractivity contribution is -0.119. The number of aryl methyl sites for hydroxylation is 1. The molecular formula is C13H17N3O. The Morgan fingerprint density at radius 2 is 2.18 bits per heavy atom. The quantitative estimate of drug-likeness (QED) is 0.739. The van der Waals surface area contributed by atoms with Crippen molar-refractivity contribution in [3.63, 3.8) is 0 Å². The molecule has 1 saturated heterocycles. The van der Waals surface area contributed by atoms with Crippen molar-refractivity contribution >= 4 is 17.3 Å². The smallest absolute Gasteiger partial charge is 0.227 e. The van der Waals surface area contributed by atoms with Gasteiger partial charge < -0.3 is 16.0 Å². The first-order chi connectivity index (χ1) is 8.24. The normalized spacial score (nSPS) is 20.0. The predicted molar refractivity (Wildman–Crippen MR) is 67.9 cm³/mol. The van der Waals surface area contributed by atoms with Crippen LogP contribution in [-0.4, -0.2) is 25.5 Å². The molecule has 1 aromatic rings. The Morgan fingerprint density at radius 1 is 1.35 bits per heavy atom. The van der Waals surface area contributed by atoms with E-state index in [2.05, 4.69) is 5.32 Å². The molecule has 0 spiro atoms. The average Bonchev–Trinajstić information content (AvgIpc) is 2.25. The number of carbonyl (C=O) groups is 1. The molecule has 2 aliphatic heterocycles. The summed E-state index contributed by atoms with van der Waals surface area (Å²) in [6.07, 6.45) is 1.43. The fourth-order valence-corrected chi connectivity index (χ4v) is 2.52. The van der Waals surface area contributed by atoms with Crippen LogP contribution in [0.2, 0.25) is 0 Å². The van der Waals surface area contributed by atoms with Gasteiger partial charge in [-0.05, 0) is 30.2 Å². The van der Waals surface area contributed by atoms with Crippen LogP contribution >= 0.6 is 0 Å². The lowest BCUT2D eigenvalue weighted by atomic mass is 9.97. The van der Waals surface area contributed by atoms with Crippen molar-refractivity contribution in [1.29, 1.82) is 0 Å². The van der Waals surface area contributed by atoms with Crippen molar-refractivity contribution < 1.29 is 4.79 Å². The topological polar surface area (TPSA) is 58.4 Å². The van der Waals surface area contributed by atoms with Crippen LogP contribution in [0.1, 0.15) is 12.0 Å². The monoisotopic (exact) mass is 231 g/mol. The van der Waals surface area contributed by atoms with Gasteiger partial charge in [-0.3, -0.25) is 4.79 Å². The third kappa shape index (κ3) is 1.89. The molecule has 4 heteroatoms. The number of fused-ring (bicyclic) bond motifs is 1. The number of carbonyl (C=O) groups excluding carboxylic acids is 1. The third-order valence-corrected chi connectivity index (χ3v) is 3.61. The standard InChI is InChI=1S/C13H17N3O/c14-11-2-3-12-10(5-11)1-4-13(17)16(12)8-9-6-15-7-9/h2-3,5,9,15H,1,4,6-8,14H2. The zero-order chi connectivity index (χ0) is 11.8. The number of hydrogen-bond acceptors (Lipinski definition) is 3. The Hall–Kier alpha value is -1.55. The van der Waals surface area contributed by atoms with Crippen LogP contribution in [-0.2, 0) is 11.2 Å². The van der Waals surface area contributed by atoms with E-state index in [9.17, 15) is 4.79 Å². The molecule has 0 radical (unpaired) electrons. The van der Waals surface area contributed by atoms with Gasteiger partial charge in [0.05, 0.1) is 0 Å². The second-order valence-electron chi connectivity index (χ2n) is 4.92. The van der Waals surface area contributed by atoms with Crippen LogP contribution in [0.25, 0.3) is 0 Å². The number of nitrogen functional groups attached to an aromatic ring is 1. The molecule has 3 rings (SSSR count). The van der Waals surface area contributed by atoms with Gasteiger partial charge in [-0.15, -0.1) is 0 Å². The van der Waals surface area contributed by atoms with E-state index in [0.717, 1.165) is 37.4 Å². The summed E-state index contributed by atoms with van der Waals surface area (Å²) in [6, 6.07) is 5.85. The fourth-order valence-electron chi connectivity index (χ4n) is 2.52. The van der Waals surface area contributed by atoms with E-state index in [0.29, 0.717) is 12.3 Å². The lowest BCUT2D eigenvalue weighted by Gasteiger charge is -2.36. The second-order valence-corrected chi connectivity index (χ2v) is 4.92. The molecule has 2 aliphatic rings. The summed E-state index contributed by atoms with van der Waals surface area (Å²) in [7, 11) is 0. The zero-order valence-corrected chi connectivity index (χ0v) is 9.78. The number of anilines is 2. The SMILES string of the molecule is Nc1ccc2c(c1)CCC(=O)N2CC1CNC1. The molecule has 17 heavy (non-hydrogen) atoms. The Balaban J connectivity index is 1.89. The van der Waals surface area contributed by atoms with E-state index < -0.39 is 0 Å². The van der Waals surface area contributed by atoms with Gasteiger partial charge in [0.25, 0.3) is 0 Å². The highest BCUT2D eigenvalue weighted by Crippen LogP contribution is 2.30. The van der Waals surface area contributed by atoms with E-state index in [1.807, 2.05) is 23.1 Å². The number of benzene rings is 1. The van der Waals surface area contributed by atoms with Gasteiger partial charge in [-0.1, -0.05) is 0 Å². The summed E-state index contributed by atoms with van der Waals surface area (Å²) in [5.74, 6) is 0.844. The first kappa shape index (κ1) is 10.6. The molecule has 3 N–H and O–H groups in total. The number of amides is 1. The molecule has 90 valence electrons. The number of rotatable bonds is 2. The van der Waals surface area contributed by atoms with Gasteiger partial charge in [-0.2, -0.15) is 0 Å². The van der Waals surface area contributed by atoms with E-state index in [1.54, 1.807) is 0 Å². The molecule has 0 aliphatic carbocycles. The molecule has 1 amide bonds. The highest BCUT2D eigenvalue weighted by molar-refractivity contribution is 5.96. The maximum atomic E-state index is 12.0. The maximum Gasteiger partial charge on any atom is 0.227 e. The minimum absolute atomic E-state index is 0.245. The molecule has 0 bridgehead atoms. The van der Waals surface area contributed by atoms with Crippen LogP contribution < -0.4 is 16.0 Å². The first-order valence-electron chi connectivity index (χ1n) is 6.13. The summed E-state index contributed by atoms with van der Waals surface area (Å²) < 4.78 is 0. The van der Waals surface area contributed by atoms with Crippen molar-refractivity contribution in [2.75, 3.05) is 30.3 Å². The Bertz CT molecular complexity index is 454. The summed E-state index contributed by atoms with van der Waals surface area (Å²) in [6.45, 7) is 2.88. The molecule has 0 saturated carbocycles. The van der Waals surface area contributed by atoms with Crippen LogP contribution in [0.15, 0.2) is 18.2 Å². The van der Waals surface area contributed by atoms with Crippen molar-refractivity contribution in [2.45, 2.75) is 12.8 Å². The van der Waals surface area contributed by atoms with Gasteiger partial charge in [-0.25, -0.2) is 0 Å². The Labute approximate surface area is 101 Å². The van der Waals surface area contributed by atoms with Crippen molar-refractivity contribution in [3.8, 4) is 0 Å². The number of nitrogens with one attached hydrogen (secondary N) is 1.